The zero-order chi connectivity index (χ0) is 13.8. The molecule has 0 unspecified atom stereocenters. The fraction of sp³-hybridized carbons (Fsp3) is 0.333. The molecule has 0 atom stereocenters. The summed E-state index contributed by atoms with van der Waals surface area (Å²) in [5, 5.41) is 4.16. The van der Waals surface area contributed by atoms with Crippen LogP contribution in [-0.2, 0) is 13.0 Å². The normalized spacial score (nSPS) is 10.5. The Hall–Kier alpha value is -2.10. The van der Waals surface area contributed by atoms with Gasteiger partial charge in [0.05, 0.1) is 13.3 Å². The van der Waals surface area contributed by atoms with Crippen LogP contribution in [0.2, 0.25) is 0 Å². The minimum absolute atomic E-state index is 0.0329. The van der Waals surface area contributed by atoms with Crippen LogP contribution in [0.5, 0.6) is 5.75 Å². The molecule has 0 saturated heterocycles. The Morgan fingerprint density at radius 2 is 2.11 bits per heavy atom. The molecule has 0 radical (unpaired) electrons. The Labute approximate surface area is 113 Å². The maximum absolute atomic E-state index is 12.4. The van der Waals surface area contributed by atoms with Gasteiger partial charge in [-0.1, -0.05) is 24.3 Å². The molecule has 0 bridgehead atoms. The molecular weight excluding hydrogens is 240 g/mol. The number of methoxy groups -OCH3 is 1. The van der Waals surface area contributed by atoms with Gasteiger partial charge in [0.2, 0.25) is 0 Å². The second-order valence-corrected chi connectivity index (χ2v) is 4.40. The summed E-state index contributed by atoms with van der Waals surface area (Å²) >= 11 is 0. The van der Waals surface area contributed by atoms with Crippen LogP contribution in [0.15, 0.2) is 30.5 Å². The number of carbonyl (C=O) groups is 1. The van der Waals surface area contributed by atoms with Crippen LogP contribution in [-0.4, -0.2) is 22.7 Å². The maximum atomic E-state index is 12.4. The van der Waals surface area contributed by atoms with Gasteiger partial charge in [-0.05, 0) is 25.0 Å². The molecule has 0 fully saturated rings. The van der Waals surface area contributed by atoms with Crippen LogP contribution in [0.3, 0.4) is 0 Å². The van der Waals surface area contributed by atoms with Gasteiger partial charge in [-0.15, -0.1) is 0 Å². The zero-order valence-corrected chi connectivity index (χ0v) is 11.5. The average Bonchev–Trinajstić information content (AvgIpc) is 2.84. The molecule has 1 aromatic heterocycles. The summed E-state index contributed by atoms with van der Waals surface area (Å²) in [6.07, 6.45) is 1.96. The largest absolute Gasteiger partial charge is 0.493 e. The van der Waals surface area contributed by atoms with Crippen molar-refractivity contribution in [3.05, 3.63) is 47.3 Å². The molecule has 0 aliphatic rings. The van der Waals surface area contributed by atoms with Gasteiger partial charge < -0.3 is 4.74 Å². The lowest BCUT2D eigenvalue weighted by atomic mass is 10.0. The highest BCUT2D eigenvalue weighted by Gasteiger charge is 2.19. The predicted octanol–water partition coefficient (Wildman–Crippen LogP) is 2.65. The van der Waals surface area contributed by atoms with Crippen molar-refractivity contribution in [1.29, 1.82) is 0 Å². The molecule has 2 aromatic rings. The van der Waals surface area contributed by atoms with Crippen molar-refractivity contribution in [1.82, 2.24) is 9.78 Å². The van der Waals surface area contributed by atoms with Crippen molar-refractivity contribution >= 4 is 5.78 Å². The van der Waals surface area contributed by atoms with E-state index in [1.807, 2.05) is 38.1 Å². The predicted molar refractivity (Wildman–Crippen MR) is 73.7 cm³/mol. The quantitative estimate of drug-likeness (QED) is 0.774. The monoisotopic (exact) mass is 258 g/mol. The average molecular weight is 258 g/mol. The van der Waals surface area contributed by atoms with Gasteiger partial charge >= 0.3 is 0 Å². The fourth-order valence-electron chi connectivity index (χ4n) is 2.10. The molecule has 100 valence electrons. The number of aromatic nitrogens is 2. The van der Waals surface area contributed by atoms with E-state index < -0.39 is 0 Å². The van der Waals surface area contributed by atoms with E-state index in [0.717, 1.165) is 11.1 Å². The number of ketones is 1. The van der Waals surface area contributed by atoms with Crippen LogP contribution in [0.4, 0.5) is 0 Å². The number of nitrogens with zero attached hydrogens (tertiary/aromatic N) is 2. The summed E-state index contributed by atoms with van der Waals surface area (Å²) < 4.78 is 6.89. The molecule has 1 aromatic carbocycles. The highest BCUT2D eigenvalue weighted by molar-refractivity contribution is 5.98. The van der Waals surface area contributed by atoms with Gasteiger partial charge in [0.1, 0.15) is 5.69 Å². The summed E-state index contributed by atoms with van der Waals surface area (Å²) in [7, 11) is 1.56. The highest BCUT2D eigenvalue weighted by atomic mass is 16.5. The first-order valence-corrected chi connectivity index (χ1v) is 6.34. The SMILES string of the molecule is CCn1ncc(OC)c1C(=O)Cc1ccccc1C. The number of Topliss-reactive ketones (excluding diaryl/α,β-unsaturated/α-hetero) is 1. The Balaban J connectivity index is 2.30. The van der Waals surface area contributed by atoms with Crippen LogP contribution >= 0.6 is 0 Å². The van der Waals surface area contributed by atoms with Crippen LogP contribution < -0.4 is 4.74 Å². The fourth-order valence-corrected chi connectivity index (χ4v) is 2.10. The van der Waals surface area contributed by atoms with E-state index in [-0.39, 0.29) is 5.78 Å². The number of benzene rings is 1. The Kier molecular flexibility index (Phi) is 4.00. The summed E-state index contributed by atoms with van der Waals surface area (Å²) in [5.74, 6) is 0.575. The van der Waals surface area contributed by atoms with Crippen molar-refractivity contribution in [2.24, 2.45) is 0 Å². The Morgan fingerprint density at radius 1 is 1.37 bits per heavy atom. The van der Waals surface area contributed by atoms with Crippen molar-refractivity contribution < 1.29 is 9.53 Å². The van der Waals surface area contributed by atoms with E-state index in [1.165, 1.54) is 0 Å². The standard InChI is InChI=1S/C15H18N2O2/c1-4-17-15(14(19-3)10-16-17)13(18)9-12-8-6-5-7-11(12)2/h5-8,10H,4,9H2,1-3H3. The lowest BCUT2D eigenvalue weighted by molar-refractivity contribution is 0.0979. The van der Waals surface area contributed by atoms with E-state index >= 15 is 0 Å². The molecule has 0 N–H and O–H groups in total. The first kappa shape index (κ1) is 13.3. The lowest BCUT2D eigenvalue weighted by Gasteiger charge is -2.08. The van der Waals surface area contributed by atoms with Gasteiger partial charge in [-0.2, -0.15) is 5.10 Å². The molecule has 4 nitrogen and oxygen atoms in total. The number of rotatable bonds is 5. The second-order valence-electron chi connectivity index (χ2n) is 4.40. The topological polar surface area (TPSA) is 44.1 Å². The molecule has 0 saturated carbocycles. The van der Waals surface area contributed by atoms with Crippen molar-refractivity contribution in [3.8, 4) is 5.75 Å². The third-order valence-corrected chi connectivity index (χ3v) is 3.20. The summed E-state index contributed by atoms with van der Waals surface area (Å²) in [4.78, 5) is 12.4. The summed E-state index contributed by atoms with van der Waals surface area (Å²) in [6.45, 7) is 4.62. The third kappa shape index (κ3) is 2.67. The summed E-state index contributed by atoms with van der Waals surface area (Å²) in [5.41, 5.74) is 2.71. The molecule has 0 spiro atoms. The molecule has 19 heavy (non-hydrogen) atoms. The van der Waals surface area contributed by atoms with Gasteiger partial charge in [-0.25, -0.2) is 0 Å². The molecule has 4 heteroatoms. The molecular formula is C15H18N2O2. The van der Waals surface area contributed by atoms with Crippen molar-refractivity contribution in [2.45, 2.75) is 26.8 Å². The molecule has 0 aliphatic heterocycles. The summed E-state index contributed by atoms with van der Waals surface area (Å²) in [6, 6.07) is 7.91. The molecule has 2 rings (SSSR count). The number of aryl methyl sites for hydroxylation is 2. The first-order valence-electron chi connectivity index (χ1n) is 6.34. The zero-order valence-electron chi connectivity index (χ0n) is 11.5. The third-order valence-electron chi connectivity index (χ3n) is 3.20. The number of hydrogen-bond donors (Lipinski definition) is 0. The highest BCUT2D eigenvalue weighted by Crippen LogP contribution is 2.20. The number of ether oxygens (including phenoxy) is 1. The van der Waals surface area contributed by atoms with Gasteiger partial charge in [-0.3, -0.25) is 9.48 Å². The van der Waals surface area contributed by atoms with Crippen LogP contribution in [0, 0.1) is 6.92 Å². The number of hydrogen-bond acceptors (Lipinski definition) is 3. The second kappa shape index (κ2) is 5.69. The first-order chi connectivity index (χ1) is 9.17. The minimum Gasteiger partial charge on any atom is -0.493 e. The van der Waals surface area contributed by atoms with E-state index in [0.29, 0.717) is 24.4 Å². The van der Waals surface area contributed by atoms with E-state index in [2.05, 4.69) is 5.10 Å². The smallest absolute Gasteiger partial charge is 0.189 e. The van der Waals surface area contributed by atoms with E-state index in [4.69, 9.17) is 4.74 Å². The van der Waals surface area contributed by atoms with Gasteiger partial charge in [0, 0.05) is 13.0 Å². The lowest BCUT2D eigenvalue weighted by Crippen LogP contribution is -2.13. The number of carbonyl (C=O) groups excluding carboxylic acids is 1. The van der Waals surface area contributed by atoms with E-state index in [9.17, 15) is 4.79 Å². The molecule has 1 heterocycles. The minimum atomic E-state index is 0.0329. The van der Waals surface area contributed by atoms with Crippen LogP contribution in [0.1, 0.15) is 28.5 Å². The Bertz CT molecular complexity index is 566. The van der Waals surface area contributed by atoms with E-state index in [1.54, 1.807) is 18.0 Å². The van der Waals surface area contributed by atoms with Crippen molar-refractivity contribution in [3.63, 3.8) is 0 Å². The van der Waals surface area contributed by atoms with Gasteiger partial charge in [0.25, 0.3) is 0 Å². The molecule has 0 aliphatic carbocycles. The van der Waals surface area contributed by atoms with Crippen LogP contribution in [0.25, 0.3) is 0 Å². The molecule has 0 amide bonds. The Morgan fingerprint density at radius 3 is 2.74 bits per heavy atom. The van der Waals surface area contributed by atoms with Gasteiger partial charge in [0.15, 0.2) is 11.5 Å². The van der Waals surface area contributed by atoms with Crippen molar-refractivity contribution in [2.75, 3.05) is 7.11 Å². The maximum Gasteiger partial charge on any atom is 0.189 e.